The number of hydrogen-bond donors (Lipinski definition) is 1. The van der Waals surface area contributed by atoms with E-state index in [1.54, 1.807) is 0 Å². The number of carbonyl (C=O) groups excluding carboxylic acids is 1. The first kappa shape index (κ1) is 27.7. The molecular weight excluding hydrogens is 495 g/mol. The van der Waals surface area contributed by atoms with Gasteiger partial charge in [0.25, 0.3) is 0 Å². The fraction of sp³-hybridized carbons (Fsp3) is 0.133. The van der Waals surface area contributed by atoms with E-state index in [0.717, 1.165) is 12.1 Å². The van der Waals surface area contributed by atoms with Gasteiger partial charge in [-0.1, -0.05) is 0 Å². The van der Waals surface area contributed by atoms with Crippen molar-refractivity contribution in [3.8, 4) is 11.5 Å². The minimum absolute atomic E-state index is 0. The normalized spacial score (nSPS) is 9.93. The number of sulfonamides is 1. The summed E-state index contributed by atoms with van der Waals surface area (Å²) in [5.41, 5.74) is 0.0680. The SMILES string of the molecule is CCS(=O)(=O)Nc1cc(Br)c(Oc2ccc(F)cc2F)cc1C=O.[Mn+4].[O-2].[O-2]. The van der Waals surface area contributed by atoms with E-state index in [-0.39, 0.29) is 61.0 Å². The van der Waals surface area contributed by atoms with Crippen molar-refractivity contribution in [2.24, 2.45) is 0 Å². The molecule has 0 spiro atoms. The van der Waals surface area contributed by atoms with Crippen LogP contribution < -0.4 is 9.46 Å². The molecule has 0 aliphatic carbocycles. The third-order valence-corrected chi connectivity index (χ3v) is 4.90. The average molecular weight is 507 g/mol. The van der Waals surface area contributed by atoms with Crippen LogP contribution in [0, 0.1) is 11.6 Å². The molecular formula is C15H12BrF2MnNO6S. The number of aldehydes is 1. The van der Waals surface area contributed by atoms with Gasteiger partial charge in [0.05, 0.1) is 15.9 Å². The molecule has 1 radical (unpaired) electrons. The number of ether oxygens (including phenoxy) is 1. The Morgan fingerprint density at radius 2 is 1.78 bits per heavy atom. The molecule has 0 aliphatic rings. The zero-order valence-corrected chi connectivity index (χ0v) is 17.1. The van der Waals surface area contributed by atoms with Gasteiger partial charge in [-0.3, -0.25) is 9.52 Å². The van der Waals surface area contributed by atoms with E-state index < -0.39 is 21.7 Å². The van der Waals surface area contributed by atoms with E-state index in [0.29, 0.717) is 12.4 Å². The molecule has 147 valence electrons. The Hall–Kier alpha value is -1.56. The Labute approximate surface area is 173 Å². The van der Waals surface area contributed by atoms with Gasteiger partial charge in [-0.15, -0.1) is 0 Å². The molecule has 0 saturated heterocycles. The molecule has 2 aromatic rings. The van der Waals surface area contributed by atoms with Gasteiger partial charge >= 0.3 is 17.1 Å². The van der Waals surface area contributed by atoms with Gasteiger partial charge in [-0.05, 0) is 47.1 Å². The summed E-state index contributed by atoms with van der Waals surface area (Å²) in [6.07, 6.45) is 0.438. The molecule has 0 atom stereocenters. The van der Waals surface area contributed by atoms with E-state index in [9.17, 15) is 22.0 Å². The maximum atomic E-state index is 13.7. The Bertz CT molecular complexity index is 898. The van der Waals surface area contributed by atoms with Crippen LogP contribution in [0.5, 0.6) is 11.5 Å². The largest absolute Gasteiger partial charge is 4.00 e. The molecule has 0 fully saturated rings. The summed E-state index contributed by atoms with van der Waals surface area (Å²) in [4.78, 5) is 11.2. The van der Waals surface area contributed by atoms with E-state index in [1.165, 1.54) is 19.1 Å². The van der Waals surface area contributed by atoms with E-state index in [2.05, 4.69) is 20.7 Å². The summed E-state index contributed by atoms with van der Waals surface area (Å²) >= 11 is 3.16. The minimum Gasteiger partial charge on any atom is -2.00 e. The number of hydrogen-bond acceptors (Lipinski definition) is 4. The first-order valence-electron chi connectivity index (χ1n) is 6.68. The van der Waals surface area contributed by atoms with Crippen LogP contribution in [0.2, 0.25) is 0 Å². The molecule has 7 nitrogen and oxygen atoms in total. The van der Waals surface area contributed by atoms with Crippen molar-refractivity contribution in [1.82, 2.24) is 0 Å². The van der Waals surface area contributed by atoms with Gasteiger partial charge in [-0.2, -0.15) is 0 Å². The van der Waals surface area contributed by atoms with Crippen molar-refractivity contribution in [3.05, 3.63) is 52.0 Å². The summed E-state index contributed by atoms with van der Waals surface area (Å²) in [6, 6.07) is 5.36. The van der Waals surface area contributed by atoms with Crippen molar-refractivity contribution in [1.29, 1.82) is 0 Å². The predicted octanol–water partition coefficient (Wildman–Crippen LogP) is 3.85. The van der Waals surface area contributed by atoms with Gasteiger partial charge in [0.1, 0.15) is 11.6 Å². The predicted molar refractivity (Wildman–Crippen MR) is 90.4 cm³/mol. The van der Waals surface area contributed by atoms with E-state index in [4.69, 9.17) is 4.74 Å². The van der Waals surface area contributed by atoms with Gasteiger partial charge in [0, 0.05) is 11.6 Å². The molecule has 0 saturated carbocycles. The second-order valence-electron chi connectivity index (χ2n) is 4.67. The molecule has 0 heterocycles. The molecule has 12 heteroatoms. The van der Waals surface area contributed by atoms with Crippen LogP contribution in [0.4, 0.5) is 14.5 Å². The second kappa shape index (κ2) is 11.3. The van der Waals surface area contributed by atoms with Gasteiger partial charge in [0.2, 0.25) is 10.0 Å². The summed E-state index contributed by atoms with van der Waals surface area (Å²) in [7, 11) is -3.58. The monoisotopic (exact) mass is 506 g/mol. The number of anilines is 1. The maximum absolute atomic E-state index is 13.7. The first-order chi connectivity index (χ1) is 11.3. The van der Waals surface area contributed by atoms with Crippen molar-refractivity contribution >= 4 is 37.9 Å². The zero-order valence-electron chi connectivity index (χ0n) is 13.5. The average Bonchev–Trinajstić information content (AvgIpc) is 2.52. The van der Waals surface area contributed by atoms with Crippen LogP contribution in [0.1, 0.15) is 17.3 Å². The fourth-order valence-electron chi connectivity index (χ4n) is 1.75. The third kappa shape index (κ3) is 7.17. The number of carbonyl (C=O) groups is 1. The third-order valence-electron chi connectivity index (χ3n) is 2.99. The van der Waals surface area contributed by atoms with Crippen LogP contribution in [0.3, 0.4) is 0 Å². The molecule has 0 aromatic heterocycles. The topological polar surface area (TPSA) is 129 Å². The second-order valence-corrected chi connectivity index (χ2v) is 7.54. The number of rotatable bonds is 6. The molecule has 2 rings (SSSR count). The van der Waals surface area contributed by atoms with Crippen LogP contribution in [0.15, 0.2) is 34.8 Å². The van der Waals surface area contributed by atoms with Crippen molar-refractivity contribution in [3.63, 3.8) is 0 Å². The van der Waals surface area contributed by atoms with Crippen molar-refractivity contribution in [2.45, 2.75) is 6.92 Å². The summed E-state index contributed by atoms with van der Waals surface area (Å²) in [5, 5.41) is 0. The van der Waals surface area contributed by atoms with Gasteiger partial charge < -0.3 is 15.7 Å². The zero-order chi connectivity index (χ0) is 17.9. The Kier molecular flexibility index (Phi) is 11.6. The van der Waals surface area contributed by atoms with Gasteiger partial charge in [0.15, 0.2) is 17.9 Å². The smallest absolute Gasteiger partial charge is 2.00 e. The van der Waals surface area contributed by atoms with Crippen LogP contribution in [0.25, 0.3) is 0 Å². The quantitative estimate of drug-likeness (QED) is 0.470. The van der Waals surface area contributed by atoms with Crippen molar-refractivity contribution < 1.29 is 54.8 Å². The number of nitrogens with one attached hydrogen (secondary N) is 1. The molecule has 1 N–H and O–H groups in total. The molecule has 0 unspecified atom stereocenters. The van der Waals surface area contributed by atoms with E-state index in [1.807, 2.05) is 0 Å². The first-order valence-corrected chi connectivity index (χ1v) is 9.12. The minimum atomic E-state index is -3.58. The fourth-order valence-corrected chi connectivity index (χ4v) is 2.83. The maximum Gasteiger partial charge on any atom is 4.00 e. The van der Waals surface area contributed by atoms with Gasteiger partial charge in [-0.25, -0.2) is 17.2 Å². The van der Waals surface area contributed by atoms with Crippen LogP contribution in [-0.4, -0.2) is 20.5 Å². The van der Waals surface area contributed by atoms with Crippen LogP contribution >= 0.6 is 15.9 Å². The summed E-state index contributed by atoms with van der Waals surface area (Å²) < 4.78 is 57.7. The molecule has 0 bridgehead atoms. The number of halogens is 3. The Morgan fingerprint density at radius 1 is 1.15 bits per heavy atom. The summed E-state index contributed by atoms with van der Waals surface area (Å²) in [5.74, 6) is -2.00. The number of benzene rings is 2. The van der Waals surface area contributed by atoms with Crippen LogP contribution in [-0.2, 0) is 38.0 Å². The molecule has 0 aliphatic heterocycles. The van der Waals surface area contributed by atoms with E-state index >= 15 is 0 Å². The Balaban J connectivity index is 0. The Morgan fingerprint density at radius 3 is 2.30 bits per heavy atom. The molecule has 2 aromatic carbocycles. The molecule has 0 amide bonds. The molecule has 27 heavy (non-hydrogen) atoms. The summed E-state index contributed by atoms with van der Waals surface area (Å²) in [6.45, 7) is 1.45. The van der Waals surface area contributed by atoms with Crippen molar-refractivity contribution in [2.75, 3.05) is 10.5 Å². The standard InChI is InChI=1S/C15H12BrF2NO4S.Mn.2O/c1-2-24(21,22)19-13-7-11(16)15(5-9(13)8-20)23-14-4-3-10(17)6-12(14)18;;;/h3-8,19H,2H2,1H3;;;/q;+4;2*-2.